The Morgan fingerprint density at radius 2 is 1.91 bits per heavy atom. The van der Waals surface area contributed by atoms with Gasteiger partial charge in [-0.2, -0.15) is 18.3 Å². The number of halogens is 3. The van der Waals surface area contributed by atoms with Crippen molar-refractivity contribution in [2.24, 2.45) is 0 Å². The predicted molar refractivity (Wildman–Crippen MR) is 123 cm³/mol. The smallest absolute Gasteiger partial charge is 0.400 e. The topological polar surface area (TPSA) is 106 Å². The molecular weight excluding hydrogens is 505 g/mol. The molecule has 2 aliphatic rings. The number of alkyl halides is 3. The number of methoxy groups -OCH3 is 1. The van der Waals surface area contributed by atoms with Gasteiger partial charge in [-0.25, -0.2) is 22.6 Å². The van der Waals surface area contributed by atoms with Crippen molar-refractivity contribution in [2.45, 2.75) is 74.1 Å². The van der Waals surface area contributed by atoms with Gasteiger partial charge in [0.2, 0.25) is 15.0 Å². The van der Waals surface area contributed by atoms with Crippen molar-refractivity contribution in [1.82, 2.24) is 19.3 Å². The third kappa shape index (κ3) is 4.21. The molecule has 35 heavy (non-hydrogen) atoms. The van der Waals surface area contributed by atoms with E-state index in [2.05, 4.69) is 14.8 Å². The number of rotatable bonds is 6. The first-order chi connectivity index (χ1) is 16.4. The summed E-state index contributed by atoms with van der Waals surface area (Å²) in [6.45, 7) is 1.71. The Balaban J connectivity index is 1.54. The Labute approximate surface area is 204 Å². The summed E-state index contributed by atoms with van der Waals surface area (Å²) in [6.07, 6.45) is -2.74. The molecule has 0 atom stereocenters. The third-order valence-corrected chi connectivity index (χ3v) is 9.48. The molecule has 8 nitrogen and oxygen atoms in total. The first-order valence-electron chi connectivity index (χ1n) is 11.3. The molecule has 2 N–H and O–H groups in total. The standard InChI is InChI=1S/C22H25F3N4O4S2/c1-12-18(29-20(26-12)34-19(27-29)21(9-10-21)22(23,24)25)13-3-8-16(33-2)17(11-13)35(31,32)28-14-4-6-15(30)7-5-14/h3,8,11,14-15,28,30H,4-7,9-10H2,1-2H3/t14-,15+. The van der Waals surface area contributed by atoms with Crippen LogP contribution >= 0.6 is 11.3 Å². The van der Waals surface area contributed by atoms with Crippen molar-refractivity contribution in [3.63, 3.8) is 0 Å². The number of aromatic nitrogens is 3. The summed E-state index contributed by atoms with van der Waals surface area (Å²) in [5.74, 6) is 0.142. The summed E-state index contributed by atoms with van der Waals surface area (Å²) in [5, 5.41) is 14.0. The van der Waals surface area contributed by atoms with E-state index in [9.17, 15) is 26.7 Å². The Morgan fingerprint density at radius 1 is 1.23 bits per heavy atom. The van der Waals surface area contributed by atoms with E-state index in [1.807, 2.05) is 0 Å². The zero-order valence-electron chi connectivity index (χ0n) is 19.1. The maximum Gasteiger partial charge on any atom is 0.400 e. The summed E-state index contributed by atoms with van der Waals surface area (Å²) in [7, 11) is -2.61. The molecule has 2 heterocycles. The number of aliphatic hydroxyl groups excluding tert-OH is 1. The van der Waals surface area contributed by atoms with Crippen LogP contribution in [0.15, 0.2) is 23.1 Å². The van der Waals surface area contributed by atoms with Crippen molar-refractivity contribution in [3.05, 3.63) is 28.9 Å². The van der Waals surface area contributed by atoms with E-state index in [1.165, 1.54) is 23.8 Å². The highest BCUT2D eigenvalue weighted by molar-refractivity contribution is 7.89. The monoisotopic (exact) mass is 530 g/mol. The van der Waals surface area contributed by atoms with Crippen LogP contribution in [0.4, 0.5) is 13.2 Å². The van der Waals surface area contributed by atoms with Crippen molar-refractivity contribution >= 4 is 26.3 Å². The fourth-order valence-corrected chi connectivity index (χ4v) is 7.34. The lowest BCUT2D eigenvalue weighted by Gasteiger charge is -2.26. The van der Waals surface area contributed by atoms with Crippen LogP contribution in [0.3, 0.4) is 0 Å². The molecule has 13 heteroatoms. The molecule has 2 saturated carbocycles. The number of imidazole rings is 1. The van der Waals surface area contributed by atoms with Gasteiger partial charge >= 0.3 is 6.18 Å². The minimum absolute atomic E-state index is 0.00370. The van der Waals surface area contributed by atoms with Crippen LogP contribution in [0.5, 0.6) is 5.75 Å². The van der Waals surface area contributed by atoms with Gasteiger partial charge in [0, 0.05) is 11.6 Å². The number of nitrogens with zero attached hydrogens (tertiary/aromatic N) is 3. The van der Waals surface area contributed by atoms with Gasteiger partial charge in [0.15, 0.2) is 0 Å². The fourth-order valence-electron chi connectivity index (χ4n) is 4.63. The molecule has 0 saturated heterocycles. The van der Waals surface area contributed by atoms with Crippen molar-refractivity contribution in [1.29, 1.82) is 0 Å². The number of ether oxygens (including phenoxy) is 1. The van der Waals surface area contributed by atoms with Crippen LogP contribution in [0, 0.1) is 6.92 Å². The third-order valence-electron chi connectivity index (χ3n) is 6.82. The molecule has 0 aliphatic heterocycles. The molecule has 0 bridgehead atoms. The number of sulfonamides is 1. The van der Waals surface area contributed by atoms with Crippen LogP contribution in [0.25, 0.3) is 16.2 Å². The van der Waals surface area contributed by atoms with Gasteiger partial charge in [-0.3, -0.25) is 0 Å². The number of hydrogen-bond donors (Lipinski definition) is 2. The maximum atomic E-state index is 13.6. The number of hydrogen-bond acceptors (Lipinski definition) is 7. The molecule has 0 unspecified atom stereocenters. The average Bonchev–Trinajstić information content (AvgIpc) is 3.44. The molecular formula is C22H25F3N4O4S2. The molecule has 2 aliphatic carbocycles. The second-order valence-electron chi connectivity index (χ2n) is 9.22. The summed E-state index contributed by atoms with van der Waals surface area (Å²) >= 11 is 0.909. The lowest BCUT2D eigenvalue weighted by molar-refractivity contribution is -0.160. The van der Waals surface area contributed by atoms with Crippen LogP contribution in [-0.2, 0) is 15.4 Å². The highest BCUT2D eigenvalue weighted by Crippen LogP contribution is 2.59. The molecule has 0 spiro atoms. The lowest BCUT2D eigenvalue weighted by Crippen LogP contribution is -2.38. The van der Waals surface area contributed by atoms with Gasteiger partial charge in [-0.15, -0.1) is 0 Å². The summed E-state index contributed by atoms with van der Waals surface area (Å²) < 4.78 is 76.8. The first-order valence-corrected chi connectivity index (χ1v) is 13.6. The normalized spacial score (nSPS) is 22.5. The largest absolute Gasteiger partial charge is 0.495 e. The SMILES string of the molecule is COc1ccc(-c2c(C)nc3sc(C4(C(F)(F)F)CC4)nn23)cc1S(=O)(=O)N[C@H]1CC[C@@H](O)CC1. The quantitative estimate of drug-likeness (QED) is 0.500. The minimum Gasteiger partial charge on any atom is -0.495 e. The number of fused-ring (bicyclic) bond motifs is 1. The summed E-state index contributed by atoms with van der Waals surface area (Å²) in [6, 6.07) is 4.28. The Hall–Kier alpha value is -2.22. The van der Waals surface area contributed by atoms with E-state index in [0.29, 0.717) is 47.6 Å². The first kappa shape index (κ1) is 24.5. The van der Waals surface area contributed by atoms with Gasteiger partial charge in [-0.05, 0) is 63.6 Å². The Morgan fingerprint density at radius 3 is 2.51 bits per heavy atom. The molecule has 2 fully saturated rings. The van der Waals surface area contributed by atoms with Gasteiger partial charge in [0.1, 0.15) is 21.1 Å². The molecule has 2 aromatic heterocycles. The molecule has 0 amide bonds. The highest BCUT2D eigenvalue weighted by atomic mass is 32.2. The highest BCUT2D eigenvalue weighted by Gasteiger charge is 2.66. The average molecular weight is 531 g/mol. The molecule has 3 aromatic rings. The van der Waals surface area contributed by atoms with Gasteiger partial charge in [0.05, 0.1) is 24.6 Å². The van der Waals surface area contributed by atoms with Crippen molar-refractivity contribution in [2.75, 3.05) is 7.11 Å². The second kappa shape index (κ2) is 8.43. The lowest BCUT2D eigenvalue weighted by atomic mass is 9.94. The van der Waals surface area contributed by atoms with Gasteiger partial charge < -0.3 is 9.84 Å². The number of aryl methyl sites for hydroxylation is 1. The minimum atomic E-state index is -4.39. The van der Waals surface area contributed by atoms with E-state index < -0.39 is 27.7 Å². The van der Waals surface area contributed by atoms with Crippen LogP contribution in [-0.4, -0.2) is 53.6 Å². The summed E-state index contributed by atoms with van der Waals surface area (Å²) in [5.41, 5.74) is -0.519. The number of aliphatic hydroxyl groups is 1. The molecule has 190 valence electrons. The van der Waals surface area contributed by atoms with Gasteiger partial charge in [0.25, 0.3) is 0 Å². The van der Waals surface area contributed by atoms with E-state index in [1.54, 1.807) is 13.0 Å². The number of benzene rings is 1. The van der Waals surface area contributed by atoms with Crippen molar-refractivity contribution in [3.8, 4) is 17.0 Å². The summed E-state index contributed by atoms with van der Waals surface area (Å²) in [4.78, 5) is 4.64. The van der Waals surface area contributed by atoms with Gasteiger partial charge in [-0.1, -0.05) is 11.3 Å². The van der Waals surface area contributed by atoms with Crippen molar-refractivity contribution < 1.29 is 31.4 Å². The van der Waals surface area contributed by atoms with Crippen LogP contribution in [0.1, 0.15) is 49.2 Å². The predicted octanol–water partition coefficient (Wildman–Crippen LogP) is 3.95. The van der Waals surface area contributed by atoms with Crippen LogP contribution < -0.4 is 9.46 Å². The van der Waals surface area contributed by atoms with E-state index >= 15 is 0 Å². The Kier molecular flexibility index (Phi) is 5.89. The Bertz CT molecular complexity index is 1370. The zero-order valence-corrected chi connectivity index (χ0v) is 20.7. The molecule has 5 rings (SSSR count). The van der Waals surface area contributed by atoms with E-state index in [0.717, 1.165) is 11.3 Å². The van der Waals surface area contributed by atoms with E-state index in [4.69, 9.17) is 4.74 Å². The molecule has 0 radical (unpaired) electrons. The fraction of sp³-hybridized carbons (Fsp3) is 0.545. The number of nitrogens with one attached hydrogen (secondary N) is 1. The van der Waals surface area contributed by atoms with E-state index in [-0.39, 0.29) is 34.5 Å². The zero-order chi connectivity index (χ0) is 25.2. The van der Waals surface area contributed by atoms with Crippen LogP contribution in [0.2, 0.25) is 0 Å². The maximum absolute atomic E-state index is 13.6. The second-order valence-corrected chi connectivity index (χ2v) is 11.9. The molecule has 1 aromatic carbocycles.